The first kappa shape index (κ1) is 19.1. The van der Waals surface area contributed by atoms with Crippen molar-refractivity contribution in [1.29, 1.82) is 0 Å². The van der Waals surface area contributed by atoms with Crippen LogP contribution in [0, 0.1) is 11.6 Å². The van der Waals surface area contributed by atoms with E-state index < -0.39 is 39.1 Å². The van der Waals surface area contributed by atoms with Gasteiger partial charge in [-0.2, -0.15) is 0 Å². The van der Waals surface area contributed by atoms with E-state index in [-0.39, 0.29) is 17.5 Å². The van der Waals surface area contributed by atoms with Gasteiger partial charge in [-0.15, -0.1) is 0 Å². The summed E-state index contributed by atoms with van der Waals surface area (Å²) in [4.78, 5) is 23.7. The van der Waals surface area contributed by atoms with Crippen LogP contribution in [0.1, 0.15) is 30.6 Å². The van der Waals surface area contributed by atoms with Crippen LogP contribution in [-0.4, -0.2) is 22.8 Å². The molecule has 122 valence electrons. The van der Waals surface area contributed by atoms with E-state index in [1.165, 1.54) is 13.8 Å². The summed E-state index contributed by atoms with van der Waals surface area (Å²) in [6, 6.07) is 0.756. The molecule has 0 fully saturated rings. The molecule has 0 atom stereocenters. The fourth-order valence-corrected chi connectivity index (χ4v) is 1.97. The van der Waals surface area contributed by atoms with E-state index in [9.17, 15) is 18.4 Å². The molecule has 1 rings (SSSR count). The topological polar surface area (TPSA) is 55.4 Å². The quantitative estimate of drug-likeness (QED) is 0.437. The highest BCUT2D eigenvalue weighted by Crippen LogP contribution is 2.33. The number of rotatable bonds is 5. The molecule has 0 spiro atoms. The average Bonchev–Trinajstić information content (AvgIpc) is 2.44. The van der Waals surface area contributed by atoms with E-state index in [1.54, 1.807) is 0 Å². The van der Waals surface area contributed by atoms with Crippen molar-refractivity contribution in [2.75, 3.05) is 11.9 Å². The molecule has 0 bridgehead atoms. The van der Waals surface area contributed by atoms with Gasteiger partial charge in [0.1, 0.15) is 11.4 Å². The Morgan fingerprint density at radius 2 is 1.95 bits per heavy atom. The fraction of sp³-hybridized carbons (Fsp3) is 0.385. The maximum atomic E-state index is 14.2. The Bertz CT molecular complexity index is 611. The van der Waals surface area contributed by atoms with Crippen molar-refractivity contribution < 1.29 is 23.1 Å². The molecule has 1 N–H and O–H groups in total. The molecule has 1 aromatic rings. The average molecular weight is 419 g/mol. The van der Waals surface area contributed by atoms with Crippen LogP contribution in [0.15, 0.2) is 10.5 Å². The molecule has 0 heterocycles. The van der Waals surface area contributed by atoms with Crippen LogP contribution in [0.2, 0.25) is 0 Å². The Morgan fingerprint density at radius 3 is 2.45 bits per heavy atom. The molecule has 0 aliphatic rings. The molecule has 0 saturated carbocycles. The number of carbonyl (C=O) groups is 2. The summed E-state index contributed by atoms with van der Waals surface area (Å²) in [5, 5.41) is 2.04. The number of ether oxygens (including phenoxy) is 1. The lowest BCUT2D eigenvalue weighted by atomic mass is 10.1. The Balaban J connectivity index is 3.38. The largest absolute Gasteiger partial charge is 0.462 e. The highest BCUT2D eigenvalue weighted by molar-refractivity contribution is 9.10. The maximum Gasteiger partial charge on any atom is 0.343 e. The Kier molecular flexibility index (Phi) is 6.58. The first-order valence-corrected chi connectivity index (χ1v) is 7.74. The van der Waals surface area contributed by atoms with Gasteiger partial charge in [-0.25, -0.2) is 13.6 Å². The summed E-state index contributed by atoms with van der Waals surface area (Å²) in [7, 11) is 0. The van der Waals surface area contributed by atoms with E-state index in [1.807, 2.05) is 5.32 Å². The van der Waals surface area contributed by atoms with Crippen molar-refractivity contribution >= 4 is 56.7 Å². The fourth-order valence-electron chi connectivity index (χ4n) is 1.48. The number of esters is 1. The van der Waals surface area contributed by atoms with Gasteiger partial charge in [0.05, 0.1) is 16.8 Å². The summed E-state index contributed by atoms with van der Waals surface area (Å²) in [6.07, 6.45) is 0.0226. The smallest absolute Gasteiger partial charge is 0.343 e. The third-order valence-corrected chi connectivity index (χ3v) is 4.12. The van der Waals surface area contributed by atoms with Gasteiger partial charge < -0.3 is 10.1 Å². The minimum atomic E-state index is -1.85. The van der Waals surface area contributed by atoms with E-state index in [2.05, 4.69) is 20.7 Å². The number of hydrogen-bond donors (Lipinski definition) is 1. The third kappa shape index (κ3) is 4.08. The Labute approximate surface area is 144 Å². The normalized spacial score (nSPS) is 11.2. The molecule has 4 nitrogen and oxygen atoms in total. The van der Waals surface area contributed by atoms with Crippen molar-refractivity contribution in [3.8, 4) is 0 Å². The van der Waals surface area contributed by atoms with Gasteiger partial charge >= 0.3 is 5.97 Å². The molecule has 9 heteroatoms. The van der Waals surface area contributed by atoms with Crippen molar-refractivity contribution in [3.05, 3.63) is 27.7 Å². The van der Waals surface area contributed by atoms with Gasteiger partial charge in [0.15, 0.2) is 10.2 Å². The van der Waals surface area contributed by atoms with Crippen molar-refractivity contribution in [2.24, 2.45) is 0 Å². The number of amides is 1. The predicted molar refractivity (Wildman–Crippen MR) is 83.4 cm³/mol. The van der Waals surface area contributed by atoms with Gasteiger partial charge in [0, 0.05) is 0 Å². The number of anilines is 1. The summed E-state index contributed by atoms with van der Waals surface area (Å²) >= 11 is 14.3. The number of nitrogens with one attached hydrogen (secondary N) is 1. The zero-order valence-electron chi connectivity index (χ0n) is 11.6. The van der Waals surface area contributed by atoms with Crippen molar-refractivity contribution in [2.45, 2.75) is 24.6 Å². The third-order valence-electron chi connectivity index (χ3n) is 2.67. The van der Waals surface area contributed by atoms with Gasteiger partial charge in [-0.05, 0) is 35.3 Å². The summed E-state index contributed by atoms with van der Waals surface area (Å²) < 4.78 is 30.7. The monoisotopic (exact) mass is 417 g/mol. The van der Waals surface area contributed by atoms with Gasteiger partial charge in [0.25, 0.3) is 5.91 Å². The molecule has 0 aliphatic heterocycles. The summed E-state index contributed by atoms with van der Waals surface area (Å²) in [6.45, 7) is 2.99. The maximum absolute atomic E-state index is 14.2. The molecule has 0 aromatic heterocycles. The Morgan fingerprint density at radius 1 is 1.36 bits per heavy atom. The second-order valence-electron chi connectivity index (χ2n) is 4.14. The van der Waals surface area contributed by atoms with Crippen molar-refractivity contribution in [3.63, 3.8) is 0 Å². The van der Waals surface area contributed by atoms with Crippen LogP contribution in [-0.2, 0) is 9.53 Å². The van der Waals surface area contributed by atoms with E-state index in [0.717, 1.165) is 6.07 Å². The highest BCUT2D eigenvalue weighted by atomic mass is 79.9. The van der Waals surface area contributed by atoms with E-state index >= 15 is 0 Å². The number of carbonyl (C=O) groups excluding carboxylic acids is 2. The van der Waals surface area contributed by atoms with Crippen LogP contribution in [0.25, 0.3) is 0 Å². The molecule has 1 amide bonds. The molecule has 0 unspecified atom stereocenters. The zero-order valence-corrected chi connectivity index (χ0v) is 14.7. The minimum Gasteiger partial charge on any atom is -0.462 e. The SMILES string of the molecule is CCOC(=O)c1c(F)cc(Br)c(F)c1NC(=O)C(Cl)(Cl)CC. The van der Waals surface area contributed by atoms with Crippen LogP contribution in [0.4, 0.5) is 14.5 Å². The Hall–Kier alpha value is -0.920. The molecule has 0 radical (unpaired) electrons. The second-order valence-corrected chi connectivity index (χ2v) is 6.48. The lowest BCUT2D eigenvalue weighted by Crippen LogP contribution is -2.33. The molecule has 0 saturated heterocycles. The number of alkyl halides is 2. The molecule has 0 aliphatic carbocycles. The van der Waals surface area contributed by atoms with Gasteiger partial charge in [-0.1, -0.05) is 30.1 Å². The highest BCUT2D eigenvalue weighted by Gasteiger charge is 2.34. The number of hydrogen-bond acceptors (Lipinski definition) is 3. The van der Waals surface area contributed by atoms with E-state index in [4.69, 9.17) is 23.2 Å². The standard InChI is InChI=1S/C13H12BrCl2F2NO3/c1-3-13(15,16)12(21)19-10-8(11(20)22-4-2)7(17)5-6(14)9(10)18/h5H,3-4H2,1-2H3,(H,19,21). The van der Waals surface area contributed by atoms with Crippen LogP contribution in [0.3, 0.4) is 0 Å². The first-order valence-electron chi connectivity index (χ1n) is 6.19. The van der Waals surface area contributed by atoms with Crippen molar-refractivity contribution in [1.82, 2.24) is 0 Å². The van der Waals surface area contributed by atoms with Gasteiger partial charge in [0.2, 0.25) is 0 Å². The number of halogens is 5. The minimum absolute atomic E-state index is 0.0226. The van der Waals surface area contributed by atoms with Crippen LogP contribution >= 0.6 is 39.1 Å². The molecular formula is C13H12BrCl2F2NO3. The lowest BCUT2D eigenvalue weighted by Gasteiger charge is -2.19. The van der Waals surface area contributed by atoms with Gasteiger partial charge in [-0.3, -0.25) is 4.79 Å². The number of benzene rings is 1. The summed E-state index contributed by atoms with van der Waals surface area (Å²) in [5.41, 5.74) is -1.43. The van der Waals surface area contributed by atoms with E-state index in [0.29, 0.717) is 0 Å². The first-order chi connectivity index (χ1) is 10.2. The lowest BCUT2D eigenvalue weighted by molar-refractivity contribution is -0.116. The molecule has 22 heavy (non-hydrogen) atoms. The second kappa shape index (κ2) is 7.57. The molecule has 1 aromatic carbocycles. The predicted octanol–water partition coefficient (Wildman–Crippen LogP) is 4.43. The van der Waals surface area contributed by atoms with Crippen LogP contribution in [0.5, 0.6) is 0 Å². The molecular weight excluding hydrogens is 407 g/mol. The van der Waals surface area contributed by atoms with Crippen LogP contribution < -0.4 is 5.32 Å². The zero-order chi connectivity index (χ0) is 17.1. The summed E-state index contributed by atoms with van der Waals surface area (Å²) in [5.74, 6) is -4.21.